The molecule has 0 spiro atoms. The van der Waals surface area contributed by atoms with Crippen LogP contribution in [-0.4, -0.2) is 54.8 Å². The predicted molar refractivity (Wildman–Crippen MR) is 80.2 cm³/mol. The second-order valence-electron chi connectivity index (χ2n) is 5.84. The van der Waals surface area contributed by atoms with Gasteiger partial charge in [-0.15, -0.1) is 0 Å². The largest absolute Gasteiger partial charge is 0.417 e. The van der Waals surface area contributed by atoms with E-state index >= 15 is 0 Å². The number of fused-ring (bicyclic) bond motifs is 1. The molecule has 7 nitrogen and oxygen atoms in total. The van der Waals surface area contributed by atoms with Crippen LogP contribution in [0.4, 0.5) is 0 Å². The topological polar surface area (TPSA) is 86.6 Å². The Kier molecular flexibility index (Phi) is 3.14. The minimum atomic E-state index is -3.54. The summed E-state index contributed by atoms with van der Waals surface area (Å²) in [5.41, 5.74) is 0.769. The van der Waals surface area contributed by atoms with Gasteiger partial charge in [0.1, 0.15) is 0 Å². The highest BCUT2D eigenvalue weighted by atomic mass is 32.2. The molecule has 2 aliphatic rings. The van der Waals surface area contributed by atoms with Gasteiger partial charge in [-0.25, -0.2) is 13.2 Å². The van der Waals surface area contributed by atoms with Crippen molar-refractivity contribution in [3.63, 3.8) is 0 Å². The van der Waals surface area contributed by atoms with Crippen LogP contribution in [0.15, 0.2) is 32.3 Å². The van der Waals surface area contributed by atoms with Gasteiger partial charge in [0.2, 0.25) is 10.0 Å². The Hall–Kier alpha value is -1.64. The number of benzene rings is 1. The van der Waals surface area contributed by atoms with Crippen molar-refractivity contribution < 1.29 is 12.8 Å². The first kappa shape index (κ1) is 14.0. The molecule has 4 rings (SSSR count). The fraction of sp³-hybridized carbons (Fsp3) is 0.500. The van der Waals surface area contributed by atoms with Crippen molar-refractivity contribution in [3.05, 3.63) is 28.7 Å². The van der Waals surface area contributed by atoms with E-state index in [0.29, 0.717) is 24.6 Å². The molecule has 1 aromatic heterocycles. The van der Waals surface area contributed by atoms with Gasteiger partial charge in [-0.1, -0.05) is 0 Å². The summed E-state index contributed by atoms with van der Waals surface area (Å²) >= 11 is 0. The number of hydrogen-bond acceptors (Lipinski definition) is 5. The van der Waals surface area contributed by atoms with Gasteiger partial charge in [-0.2, -0.15) is 4.31 Å². The third-order valence-corrected chi connectivity index (χ3v) is 6.26. The van der Waals surface area contributed by atoms with Crippen molar-refractivity contribution in [2.45, 2.75) is 23.8 Å². The van der Waals surface area contributed by atoms with E-state index in [9.17, 15) is 13.2 Å². The van der Waals surface area contributed by atoms with Crippen LogP contribution >= 0.6 is 0 Å². The smallest absolute Gasteiger partial charge is 0.408 e. The molecule has 1 saturated carbocycles. The maximum absolute atomic E-state index is 12.7. The number of H-pyrrole nitrogens is 1. The van der Waals surface area contributed by atoms with Crippen LogP contribution in [0.2, 0.25) is 0 Å². The third-order valence-electron chi connectivity index (χ3n) is 4.37. The van der Waals surface area contributed by atoms with Crippen LogP contribution in [0.3, 0.4) is 0 Å². The van der Waals surface area contributed by atoms with Gasteiger partial charge in [-0.3, -0.25) is 9.88 Å². The summed E-state index contributed by atoms with van der Waals surface area (Å²) < 4.78 is 31.9. The molecule has 22 heavy (non-hydrogen) atoms. The molecule has 0 bridgehead atoms. The van der Waals surface area contributed by atoms with Gasteiger partial charge in [0.15, 0.2) is 5.58 Å². The highest BCUT2D eigenvalue weighted by Crippen LogP contribution is 2.29. The van der Waals surface area contributed by atoms with E-state index in [-0.39, 0.29) is 10.5 Å². The SMILES string of the molecule is O=c1[nH]c2ccc(S(=O)(=O)N3CCN(C4CC4)CC3)cc2o1. The molecule has 2 fully saturated rings. The van der Waals surface area contributed by atoms with E-state index in [0.717, 1.165) is 13.1 Å². The quantitative estimate of drug-likeness (QED) is 0.893. The van der Waals surface area contributed by atoms with Crippen LogP contribution in [0.25, 0.3) is 11.1 Å². The average molecular weight is 323 g/mol. The molecule has 1 aliphatic heterocycles. The minimum Gasteiger partial charge on any atom is -0.408 e. The number of nitrogens with one attached hydrogen (secondary N) is 1. The van der Waals surface area contributed by atoms with Crippen LogP contribution in [0.5, 0.6) is 0 Å². The van der Waals surface area contributed by atoms with Gasteiger partial charge >= 0.3 is 5.76 Å². The summed E-state index contributed by atoms with van der Waals surface area (Å²) in [4.78, 5) is 16.2. The number of aromatic amines is 1. The number of nitrogens with zero attached hydrogens (tertiary/aromatic N) is 2. The van der Waals surface area contributed by atoms with Gasteiger partial charge < -0.3 is 4.42 Å². The van der Waals surface area contributed by atoms with Crippen molar-refractivity contribution in [2.75, 3.05) is 26.2 Å². The molecule has 118 valence electrons. The monoisotopic (exact) mass is 323 g/mol. The zero-order valence-electron chi connectivity index (χ0n) is 12.0. The number of sulfonamides is 1. The van der Waals surface area contributed by atoms with E-state index in [1.807, 2.05) is 0 Å². The van der Waals surface area contributed by atoms with E-state index in [4.69, 9.17) is 4.42 Å². The lowest BCUT2D eigenvalue weighted by molar-refractivity contribution is 0.180. The minimum absolute atomic E-state index is 0.169. The maximum atomic E-state index is 12.7. The molecular weight excluding hydrogens is 306 g/mol. The van der Waals surface area contributed by atoms with Crippen molar-refractivity contribution in [1.29, 1.82) is 0 Å². The molecule has 2 heterocycles. The molecule has 1 aliphatic carbocycles. The van der Waals surface area contributed by atoms with Crippen molar-refractivity contribution in [1.82, 2.24) is 14.2 Å². The highest BCUT2D eigenvalue weighted by Gasteiger charge is 2.35. The summed E-state index contributed by atoms with van der Waals surface area (Å²) in [6, 6.07) is 5.15. The molecule has 0 amide bonds. The fourth-order valence-corrected chi connectivity index (χ4v) is 4.42. The van der Waals surface area contributed by atoms with Crippen LogP contribution in [0.1, 0.15) is 12.8 Å². The van der Waals surface area contributed by atoms with E-state index in [1.54, 1.807) is 6.07 Å². The third kappa shape index (κ3) is 2.37. The first-order valence-electron chi connectivity index (χ1n) is 7.41. The Morgan fingerprint density at radius 3 is 2.55 bits per heavy atom. The fourth-order valence-electron chi connectivity index (χ4n) is 2.98. The highest BCUT2D eigenvalue weighted by molar-refractivity contribution is 7.89. The number of hydrogen-bond donors (Lipinski definition) is 1. The van der Waals surface area contributed by atoms with Crippen LogP contribution < -0.4 is 5.76 Å². The number of oxazole rings is 1. The Bertz CT molecular complexity index is 858. The van der Waals surface area contributed by atoms with Crippen molar-refractivity contribution >= 4 is 21.1 Å². The second-order valence-corrected chi connectivity index (χ2v) is 7.78. The predicted octanol–water partition coefficient (Wildman–Crippen LogP) is 0.590. The van der Waals surface area contributed by atoms with E-state index < -0.39 is 15.8 Å². The van der Waals surface area contributed by atoms with Crippen LogP contribution in [0, 0.1) is 0 Å². The molecule has 1 N–H and O–H groups in total. The zero-order valence-corrected chi connectivity index (χ0v) is 12.8. The van der Waals surface area contributed by atoms with Crippen LogP contribution in [-0.2, 0) is 10.0 Å². The Balaban J connectivity index is 1.59. The van der Waals surface area contributed by atoms with Gasteiger partial charge in [0.05, 0.1) is 10.4 Å². The van der Waals surface area contributed by atoms with Crippen molar-refractivity contribution in [2.24, 2.45) is 0 Å². The standard InChI is InChI=1S/C14H17N3O4S/c18-14-15-12-4-3-11(9-13(12)21-14)22(19,20)17-7-5-16(6-8-17)10-1-2-10/h3-4,9-10H,1-2,5-8H2,(H,15,18). The Labute approximate surface area is 127 Å². The Morgan fingerprint density at radius 2 is 1.86 bits per heavy atom. The van der Waals surface area contributed by atoms with Crippen molar-refractivity contribution in [3.8, 4) is 0 Å². The van der Waals surface area contributed by atoms with Gasteiger partial charge in [0.25, 0.3) is 0 Å². The molecule has 0 atom stereocenters. The summed E-state index contributed by atoms with van der Waals surface area (Å²) in [5, 5.41) is 0. The first-order chi connectivity index (χ1) is 10.5. The number of aromatic nitrogens is 1. The molecule has 1 aromatic carbocycles. The normalized spacial score (nSPS) is 21.5. The number of rotatable bonds is 3. The first-order valence-corrected chi connectivity index (χ1v) is 8.85. The molecule has 2 aromatic rings. The molecule has 0 unspecified atom stereocenters. The molecular formula is C14H17N3O4S. The Morgan fingerprint density at radius 1 is 1.14 bits per heavy atom. The molecule has 0 radical (unpaired) electrons. The summed E-state index contributed by atoms with van der Waals surface area (Å²) in [5.74, 6) is -0.581. The van der Waals surface area contributed by atoms with E-state index in [2.05, 4.69) is 9.88 Å². The average Bonchev–Trinajstić information content (AvgIpc) is 3.28. The lowest BCUT2D eigenvalue weighted by Gasteiger charge is -2.34. The number of piperazine rings is 1. The zero-order chi connectivity index (χ0) is 15.3. The lowest BCUT2D eigenvalue weighted by atomic mass is 10.3. The maximum Gasteiger partial charge on any atom is 0.417 e. The van der Waals surface area contributed by atoms with Gasteiger partial charge in [-0.05, 0) is 25.0 Å². The molecule has 8 heteroatoms. The summed E-state index contributed by atoms with van der Waals surface area (Å²) in [6.45, 7) is 2.58. The van der Waals surface area contributed by atoms with Gasteiger partial charge in [0, 0.05) is 38.3 Å². The molecule has 1 saturated heterocycles. The lowest BCUT2D eigenvalue weighted by Crippen LogP contribution is -2.49. The summed E-state index contributed by atoms with van der Waals surface area (Å²) in [7, 11) is -3.54. The second kappa shape index (κ2) is 4.94. The van der Waals surface area contributed by atoms with E-state index in [1.165, 1.54) is 29.3 Å². The summed E-state index contributed by atoms with van der Waals surface area (Å²) in [6.07, 6.45) is 2.46.